The minimum absolute atomic E-state index is 0.229. The van der Waals surface area contributed by atoms with Gasteiger partial charge in [-0.15, -0.1) is 13.2 Å². The Hall–Kier alpha value is -1.70. The maximum absolute atomic E-state index is 12.2. The van der Waals surface area contributed by atoms with Crippen LogP contribution in [0.4, 0.5) is 18.9 Å². The maximum Gasteiger partial charge on any atom is 0.573 e. The van der Waals surface area contributed by atoms with Crippen LogP contribution in [0.5, 0.6) is 5.75 Å². The van der Waals surface area contributed by atoms with E-state index in [1.807, 2.05) is 20.2 Å². The molecule has 0 aliphatic carbocycles. The van der Waals surface area contributed by atoms with Gasteiger partial charge in [0.15, 0.2) is 0 Å². The molecule has 1 N–H and O–H groups in total. The molecule has 0 saturated heterocycles. The molecule has 1 heterocycles. The van der Waals surface area contributed by atoms with Crippen LogP contribution < -0.4 is 10.1 Å². The van der Waals surface area contributed by atoms with Crippen molar-refractivity contribution in [2.45, 2.75) is 19.8 Å². The molecule has 0 atom stereocenters. The molecular formula is C13H13BrF3N3O. The van der Waals surface area contributed by atoms with E-state index in [2.05, 4.69) is 31.1 Å². The van der Waals surface area contributed by atoms with Crippen LogP contribution in [0.1, 0.15) is 11.3 Å². The average molecular weight is 364 g/mol. The Balaban J connectivity index is 2.05. The molecule has 0 spiro atoms. The zero-order chi connectivity index (χ0) is 15.6. The number of nitrogens with zero attached hydrogens (tertiary/aromatic N) is 2. The molecule has 0 saturated carbocycles. The second kappa shape index (κ2) is 5.97. The van der Waals surface area contributed by atoms with Crippen molar-refractivity contribution in [2.24, 2.45) is 7.05 Å². The number of aryl methyl sites for hydroxylation is 2. The summed E-state index contributed by atoms with van der Waals surface area (Å²) >= 11 is 3.06. The third-order valence-corrected chi connectivity index (χ3v) is 3.38. The van der Waals surface area contributed by atoms with E-state index in [-0.39, 0.29) is 10.2 Å². The smallest absolute Gasteiger partial charge is 0.405 e. The molecule has 0 aliphatic rings. The first-order valence-electron chi connectivity index (χ1n) is 6.03. The lowest BCUT2D eigenvalue weighted by Crippen LogP contribution is -2.17. The lowest BCUT2D eigenvalue weighted by atomic mass is 10.2. The van der Waals surface area contributed by atoms with E-state index in [0.29, 0.717) is 12.2 Å². The Morgan fingerprint density at radius 1 is 1.38 bits per heavy atom. The fraction of sp³-hybridized carbons (Fsp3) is 0.308. The van der Waals surface area contributed by atoms with Crippen LogP contribution in [0, 0.1) is 6.92 Å². The van der Waals surface area contributed by atoms with Gasteiger partial charge >= 0.3 is 6.36 Å². The molecule has 0 amide bonds. The van der Waals surface area contributed by atoms with Crippen LogP contribution in [0.15, 0.2) is 28.9 Å². The second-order valence-corrected chi connectivity index (χ2v) is 5.31. The molecule has 21 heavy (non-hydrogen) atoms. The Morgan fingerprint density at radius 2 is 2.10 bits per heavy atom. The van der Waals surface area contributed by atoms with Gasteiger partial charge in [0.25, 0.3) is 0 Å². The molecule has 0 bridgehead atoms. The van der Waals surface area contributed by atoms with Gasteiger partial charge in [0.05, 0.1) is 10.2 Å². The minimum atomic E-state index is -4.70. The van der Waals surface area contributed by atoms with E-state index in [0.717, 1.165) is 11.3 Å². The summed E-state index contributed by atoms with van der Waals surface area (Å²) in [5.74, 6) is -0.273. The van der Waals surface area contributed by atoms with Gasteiger partial charge in [-0.3, -0.25) is 4.68 Å². The molecule has 1 aromatic heterocycles. The number of alkyl halides is 3. The maximum atomic E-state index is 12.2. The Kier molecular flexibility index (Phi) is 4.46. The Bertz CT molecular complexity index is 640. The summed E-state index contributed by atoms with van der Waals surface area (Å²) in [6.45, 7) is 2.43. The van der Waals surface area contributed by atoms with E-state index in [1.54, 1.807) is 4.68 Å². The summed E-state index contributed by atoms with van der Waals surface area (Å²) in [7, 11) is 1.83. The number of aromatic nitrogens is 2. The summed E-state index contributed by atoms with van der Waals surface area (Å²) < 4.78 is 42.3. The third-order valence-electron chi connectivity index (χ3n) is 2.76. The lowest BCUT2D eigenvalue weighted by Gasteiger charge is -2.12. The predicted molar refractivity (Wildman–Crippen MR) is 76.1 cm³/mol. The number of nitrogens with one attached hydrogen (secondary N) is 1. The first kappa shape index (κ1) is 15.7. The number of hydrogen-bond donors (Lipinski definition) is 1. The molecule has 2 rings (SSSR count). The van der Waals surface area contributed by atoms with E-state index < -0.39 is 6.36 Å². The van der Waals surface area contributed by atoms with Crippen molar-refractivity contribution in [1.82, 2.24) is 9.78 Å². The van der Waals surface area contributed by atoms with Crippen LogP contribution >= 0.6 is 15.9 Å². The fourth-order valence-corrected chi connectivity index (χ4v) is 2.30. The zero-order valence-electron chi connectivity index (χ0n) is 11.3. The van der Waals surface area contributed by atoms with Gasteiger partial charge in [-0.2, -0.15) is 5.10 Å². The predicted octanol–water partition coefficient (Wildman–Crippen LogP) is 4.00. The van der Waals surface area contributed by atoms with Crippen molar-refractivity contribution in [1.29, 1.82) is 0 Å². The number of anilines is 1. The second-order valence-electron chi connectivity index (χ2n) is 4.46. The Morgan fingerprint density at radius 3 is 2.62 bits per heavy atom. The zero-order valence-corrected chi connectivity index (χ0v) is 12.9. The van der Waals surface area contributed by atoms with Crippen molar-refractivity contribution in [3.63, 3.8) is 0 Å². The first-order valence-corrected chi connectivity index (χ1v) is 6.82. The average Bonchev–Trinajstić information content (AvgIpc) is 2.67. The lowest BCUT2D eigenvalue weighted by molar-refractivity contribution is -0.274. The van der Waals surface area contributed by atoms with E-state index >= 15 is 0 Å². The minimum Gasteiger partial charge on any atom is -0.405 e. The fourth-order valence-electron chi connectivity index (χ4n) is 1.84. The summed E-state index contributed by atoms with van der Waals surface area (Å²) in [6, 6.07) is 4.32. The van der Waals surface area contributed by atoms with Crippen LogP contribution in [-0.2, 0) is 13.6 Å². The first-order chi connectivity index (χ1) is 9.74. The van der Waals surface area contributed by atoms with Gasteiger partial charge in [-0.05, 0) is 41.1 Å². The molecule has 0 aliphatic heterocycles. The molecule has 0 unspecified atom stereocenters. The van der Waals surface area contributed by atoms with E-state index in [1.165, 1.54) is 18.2 Å². The van der Waals surface area contributed by atoms with Gasteiger partial charge < -0.3 is 10.1 Å². The summed E-state index contributed by atoms with van der Waals surface area (Å²) in [4.78, 5) is 0. The van der Waals surface area contributed by atoms with Crippen molar-refractivity contribution in [3.8, 4) is 5.75 Å². The van der Waals surface area contributed by atoms with E-state index in [4.69, 9.17) is 0 Å². The number of benzene rings is 1. The summed E-state index contributed by atoms with van der Waals surface area (Å²) in [5.41, 5.74) is 2.60. The summed E-state index contributed by atoms with van der Waals surface area (Å²) in [5, 5.41) is 7.34. The highest BCUT2D eigenvalue weighted by molar-refractivity contribution is 9.10. The van der Waals surface area contributed by atoms with Gasteiger partial charge in [0.1, 0.15) is 5.75 Å². The third kappa shape index (κ3) is 4.38. The number of ether oxygens (including phenoxy) is 1. The standard InChI is InChI=1S/C13H13BrF3N3O/c1-8-9(7-20(2)19-8)6-18-10-3-4-12(11(14)5-10)21-13(15,16)17/h3-5,7,18H,6H2,1-2H3. The molecule has 0 fully saturated rings. The topological polar surface area (TPSA) is 39.1 Å². The van der Waals surface area contributed by atoms with Gasteiger partial charge in [0.2, 0.25) is 0 Å². The highest BCUT2D eigenvalue weighted by Gasteiger charge is 2.31. The van der Waals surface area contributed by atoms with Crippen molar-refractivity contribution >= 4 is 21.6 Å². The largest absolute Gasteiger partial charge is 0.573 e. The van der Waals surface area contributed by atoms with Crippen LogP contribution in [0.3, 0.4) is 0 Å². The van der Waals surface area contributed by atoms with Crippen molar-refractivity contribution in [2.75, 3.05) is 5.32 Å². The number of hydrogen-bond acceptors (Lipinski definition) is 3. The monoisotopic (exact) mass is 363 g/mol. The van der Waals surface area contributed by atoms with Crippen LogP contribution in [0.2, 0.25) is 0 Å². The van der Waals surface area contributed by atoms with Gasteiger partial charge in [0, 0.05) is 31.0 Å². The molecule has 114 valence electrons. The van der Waals surface area contributed by atoms with Gasteiger partial charge in [-0.1, -0.05) is 0 Å². The van der Waals surface area contributed by atoms with Crippen LogP contribution in [0.25, 0.3) is 0 Å². The molecule has 2 aromatic rings. The number of halogens is 4. The van der Waals surface area contributed by atoms with E-state index in [9.17, 15) is 13.2 Å². The van der Waals surface area contributed by atoms with Crippen molar-refractivity contribution in [3.05, 3.63) is 40.1 Å². The molecule has 1 aromatic carbocycles. The molecule has 4 nitrogen and oxygen atoms in total. The quantitative estimate of drug-likeness (QED) is 0.892. The molecule has 8 heteroatoms. The van der Waals surface area contributed by atoms with Gasteiger partial charge in [-0.25, -0.2) is 0 Å². The molecule has 0 radical (unpaired) electrons. The SMILES string of the molecule is Cc1nn(C)cc1CNc1ccc(OC(F)(F)F)c(Br)c1. The van der Waals surface area contributed by atoms with Crippen LogP contribution in [-0.4, -0.2) is 16.1 Å². The highest BCUT2D eigenvalue weighted by atomic mass is 79.9. The summed E-state index contributed by atoms with van der Waals surface area (Å²) in [6.07, 6.45) is -2.82. The Labute approximate surface area is 128 Å². The molecular weight excluding hydrogens is 351 g/mol. The number of rotatable bonds is 4. The highest BCUT2D eigenvalue weighted by Crippen LogP contribution is 2.32. The normalized spacial score (nSPS) is 11.5. The van der Waals surface area contributed by atoms with Crippen molar-refractivity contribution < 1.29 is 17.9 Å².